The maximum atomic E-state index is 12.8. The van der Waals surface area contributed by atoms with Crippen molar-refractivity contribution < 1.29 is 14.3 Å². The molecule has 1 saturated heterocycles. The van der Waals surface area contributed by atoms with E-state index in [2.05, 4.69) is 34.5 Å². The summed E-state index contributed by atoms with van der Waals surface area (Å²) in [5.74, 6) is 0.837. The number of ether oxygens (including phenoxy) is 2. The van der Waals surface area contributed by atoms with E-state index in [-0.39, 0.29) is 12.0 Å². The van der Waals surface area contributed by atoms with Gasteiger partial charge in [-0.3, -0.25) is 9.69 Å². The molecule has 0 bridgehead atoms. The first-order chi connectivity index (χ1) is 14.8. The number of rotatable bonds is 5. The van der Waals surface area contributed by atoms with E-state index < -0.39 is 0 Å². The first-order valence-electron chi connectivity index (χ1n) is 10.3. The molecule has 0 saturated carbocycles. The third kappa shape index (κ3) is 4.12. The molecule has 5 rings (SSSR count). The molecule has 2 aromatic carbocycles. The molecule has 1 fully saturated rings. The van der Waals surface area contributed by atoms with Crippen LogP contribution in [0.2, 0.25) is 0 Å². The van der Waals surface area contributed by atoms with Crippen molar-refractivity contribution in [2.24, 2.45) is 0 Å². The normalized spacial score (nSPS) is 18.2. The van der Waals surface area contributed by atoms with Crippen LogP contribution in [0.15, 0.2) is 60.7 Å². The van der Waals surface area contributed by atoms with E-state index in [1.165, 1.54) is 16.9 Å². The van der Waals surface area contributed by atoms with Crippen LogP contribution in [0.1, 0.15) is 20.8 Å². The number of nitrogens with zero attached hydrogens (tertiary/aromatic N) is 1. The summed E-state index contributed by atoms with van der Waals surface area (Å²) in [5.41, 5.74) is 3.44. The van der Waals surface area contributed by atoms with Gasteiger partial charge in [-0.25, -0.2) is 0 Å². The zero-order valence-corrected chi connectivity index (χ0v) is 17.5. The van der Waals surface area contributed by atoms with E-state index in [0.717, 1.165) is 46.3 Å². The van der Waals surface area contributed by atoms with Gasteiger partial charge in [-0.15, -0.1) is 11.3 Å². The summed E-state index contributed by atoms with van der Waals surface area (Å²) in [7, 11) is 0. The number of para-hydroxylation sites is 1. The molecule has 0 spiro atoms. The number of morpholine rings is 1. The molecule has 3 aromatic rings. The number of hydrogen-bond acceptors (Lipinski definition) is 5. The van der Waals surface area contributed by atoms with Crippen LogP contribution in [0.4, 0.5) is 0 Å². The number of fused-ring (bicyclic) bond motifs is 3. The molecule has 1 atom stereocenters. The minimum atomic E-state index is -0.0457. The van der Waals surface area contributed by atoms with Crippen LogP contribution in [-0.4, -0.2) is 43.2 Å². The molecule has 3 heterocycles. The summed E-state index contributed by atoms with van der Waals surface area (Å²) in [5, 5.41) is 3.07. The molecule has 6 heteroatoms. The molecule has 1 amide bonds. The summed E-state index contributed by atoms with van der Waals surface area (Å²) >= 11 is 1.53. The standard InChI is InChI=1S/C24H24N2O3S/c27-24(22-12-18-16-29-21-9-5-4-8-20(21)23(18)30-22)25-13-19-15-26(10-11-28-19)14-17-6-2-1-3-7-17/h1-9,12,19H,10-11,13-16H2,(H,25,27). The second kappa shape index (κ2) is 8.60. The Labute approximate surface area is 180 Å². The summed E-state index contributed by atoms with van der Waals surface area (Å²) in [6.07, 6.45) is 0.00468. The van der Waals surface area contributed by atoms with E-state index >= 15 is 0 Å². The molecule has 1 N–H and O–H groups in total. The lowest BCUT2D eigenvalue weighted by atomic mass is 10.1. The fourth-order valence-electron chi connectivity index (χ4n) is 3.99. The topological polar surface area (TPSA) is 50.8 Å². The minimum absolute atomic E-state index is 0.00468. The van der Waals surface area contributed by atoms with Crippen molar-refractivity contribution in [2.45, 2.75) is 19.3 Å². The Morgan fingerprint density at radius 3 is 2.87 bits per heavy atom. The first-order valence-corrected chi connectivity index (χ1v) is 11.1. The molecule has 5 nitrogen and oxygen atoms in total. The van der Waals surface area contributed by atoms with Crippen LogP contribution in [0, 0.1) is 0 Å². The number of carbonyl (C=O) groups is 1. The van der Waals surface area contributed by atoms with E-state index in [1.807, 2.05) is 36.4 Å². The molecule has 154 valence electrons. The maximum Gasteiger partial charge on any atom is 0.261 e. The van der Waals surface area contributed by atoms with Crippen molar-refractivity contribution in [3.8, 4) is 16.2 Å². The van der Waals surface area contributed by atoms with Crippen molar-refractivity contribution in [2.75, 3.05) is 26.2 Å². The lowest BCUT2D eigenvalue weighted by Gasteiger charge is -2.33. The highest BCUT2D eigenvalue weighted by Crippen LogP contribution is 2.42. The predicted octanol–water partition coefficient (Wildman–Crippen LogP) is 3.94. The molecule has 0 radical (unpaired) electrons. The quantitative estimate of drug-likeness (QED) is 0.679. The van der Waals surface area contributed by atoms with Gasteiger partial charge in [0.1, 0.15) is 12.4 Å². The average molecular weight is 421 g/mol. The monoisotopic (exact) mass is 420 g/mol. The van der Waals surface area contributed by atoms with Crippen molar-refractivity contribution in [3.05, 3.63) is 76.7 Å². The largest absolute Gasteiger partial charge is 0.488 e. The van der Waals surface area contributed by atoms with Gasteiger partial charge in [0.05, 0.1) is 17.6 Å². The van der Waals surface area contributed by atoms with Crippen LogP contribution < -0.4 is 10.1 Å². The highest BCUT2D eigenvalue weighted by Gasteiger charge is 2.24. The van der Waals surface area contributed by atoms with Crippen molar-refractivity contribution >= 4 is 17.2 Å². The summed E-state index contributed by atoms with van der Waals surface area (Å²) in [6, 6.07) is 20.4. The number of thiophene rings is 1. The summed E-state index contributed by atoms with van der Waals surface area (Å²) in [4.78, 5) is 17.0. The number of nitrogens with one attached hydrogen (secondary N) is 1. The first kappa shape index (κ1) is 19.3. The summed E-state index contributed by atoms with van der Waals surface area (Å²) in [6.45, 7) is 4.35. The molecule has 2 aliphatic heterocycles. The number of carbonyl (C=O) groups excluding carboxylic acids is 1. The fourth-order valence-corrected chi connectivity index (χ4v) is 5.11. The Kier molecular flexibility index (Phi) is 5.53. The molecule has 30 heavy (non-hydrogen) atoms. The Hall–Kier alpha value is -2.67. The van der Waals surface area contributed by atoms with Crippen LogP contribution in [0.5, 0.6) is 5.75 Å². The van der Waals surface area contributed by atoms with Crippen LogP contribution in [0.3, 0.4) is 0 Å². The van der Waals surface area contributed by atoms with Gasteiger partial charge < -0.3 is 14.8 Å². The number of hydrogen-bond donors (Lipinski definition) is 1. The second-order valence-corrected chi connectivity index (χ2v) is 8.73. The van der Waals surface area contributed by atoms with Gasteiger partial charge >= 0.3 is 0 Å². The third-order valence-electron chi connectivity index (χ3n) is 5.51. The Morgan fingerprint density at radius 2 is 1.97 bits per heavy atom. The molecule has 1 aromatic heterocycles. The average Bonchev–Trinajstić information content (AvgIpc) is 3.24. The zero-order valence-electron chi connectivity index (χ0n) is 16.7. The van der Waals surface area contributed by atoms with E-state index in [0.29, 0.717) is 19.8 Å². The Bertz CT molecular complexity index is 1030. The van der Waals surface area contributed by atoms with Gasteiger partial charge in [-0.2, -0.15) is 0 Å². The predicted molar refractivity (Wildman–Crippen MR) is 118 cm³/mol. The smallest absolute Gasteiger partial charge is 0.261 e. The van der Waals surface area contributed by atoms with Gasteiger partial charge in [0.2, 0.25) is 0 Å². The van der Waals surface area contributed by atoms with Crippen LogP contribution >= 0.6 is 11.3 Å². The summed E-state index contributed by atoms with van der Waals surface area (Å²) < 4.78 is 11.7. The molecule has 0 aliphatic carbocycles. The van der Waals surface area contributed by atoms with Gasteiger partial charge in [0.15, 0.2) is 0 Å². The molecular formula is C24H24N2O3S. The van der Waals surface area contributed by atoms with Gasteiger partial charge in [0, 0.05) is 42.2 Å². The molecular weight excluding hydrogens is 396 g/mol. The van der Waals surface area contributed by atoms with E-state index in [9.17, 15) is 4.79 Å². The SMILES string of the molecule is O=C(NCC1CN(Cc2ccccc2)CCO1)c1cc2c(s1)-c1ccccc1OC2. The van der Waals surface area contributed by atoms with Gasteiger partial charge in [-0.05, 0) is 23.8 Å². The Morgan fingerprint density at radius 1 is 1.13 bits per heavy atom. The van der Waals surface area contributed by atoms with Crippen molar-refractivity contribution in [1.29, 1.82) is 0 Å². The van der Waals surface area contributed by atoms with Gasteiger partial charge in [-0.1, -0.05) is 42.5 Å². The van der Waals surface area contributed by atoms with Crippen molar-refractivity contribution in [1.82, 2.24) is 10.2 Å². The van der Waals surface area contributed by atoms with Crippen molar-refractivity contribution in [3.63, 3.8) is 0 Å². The van der Waals surface area contributed by atoms with Crippen LogP contribution in [0.25, 0.3) is 10.4 Å². The fraction of sp³-hybridized carbons (Fsp3) is 0.292. The van der Waals surface area contributed by atoms with Crippen LogP contribution in [-0.2, 0) is 17.9 Å². The lowest BCUT2D eigenvalue weighted by Crippen LogP contribution is -2.47. The zero-order chi connectivity index (χ0) is 20.3. The minimum Gasteiger partial charge on any atom is -0.488 e. The second-order valence-electron chi connectivity index (χ2n) is 7.67. The Balaban J connectivity index is 1.19. The number of amides is 1. The molecule has 1 unspecified atom stereocenters. The van der Waals surface area contributed by atoms with Gasteiger partial charge in [0.25, 0.3) is 5.91 Å². The van der Waals surface area contributed by atoms with E-state index in [1.54, 1.807) is 0 Å². The maximum absolute atomic E-state index is 12.8. The number of benzene rings is 2. The highest BCUT2D eigenvalue weighted by molar-refractivity contribution is 7.17. The van der Waals surface area contributed by atoms with E-state index in [4.69, 9.17) is 9.47 Å². The lowest BCUT2D eigenvalue weighted by molar-refractivity contribution is -0.0292. The third-order valence-corrected chi connectivity index (χ3v) is 6.72. The highest BCUT2D eigenvalue weighted by atomic mass is 32.1. The molecule has 2 aliphatic rings.